The van der Waals surface area contributed by atoms with Crippen LogP contribution in [0.4, 0.5) is 8.78 Å². The van der Waals surface area contributed by atoms with Crippen molar-refractivity contribution in [3.8, 4) is 0 Å². The van der Waals surface area contributed by atoms with E-state index in [1.807, 2.05) is 0 Å². The van der Waals surface area contributed by atoms with Gasteiger partial charge >= 0.3 is 0 Å². The second-order valence-electron chi connectivity index (χ2n) is 3.99. The van der Waals surface area contributed by atoms with Gasteiger partial charge in [0.15, 0.2) is 0 Å². The minimum Gasteiger partial charge on any atom is -0.311 e. The summed E-state index contributed by atoms with van der Waals surface area (Å²) in [5.41, 5.74) is -0.0260. The minimum atomic E-state index is -2.45. The zero-order chi connectivity index (χ0) is 7.95. The predicted molar refractivity (Wildman–Crippen MR) is 38.7 cm³/mol. The first-order chi connectivity index (χ1) is 5.12. The molecule has 2 aliphatic rings. The molecular formula is C8H13F2N. The largest absolute Gasteiger partial charge is 0.311 e. The molecule has 2 fully saturated rings. The van der Waals surface area contributed by atoms with Crippen LogP contribution < -0.4 is 5.32 Å². The van der Waals surface area contributed by atoms with Crippen LogP contribution in [0.3, 0.4) is 0 Å². The quantitative estimate of drug-likeness (QED) is 0.571. The zero-order valence-electron chi connectivity index (χ0n) is 6.50. The molecule has 0 unspecified atom stereocenters. The van der Waals surface area contributed by atoms with Crippen molar-refractivity contribution < 1.29 is 8.78 Å². The van der Waals surface area contributed by atoms with Gasteiger partial charge in [0, 0.05) is 13.0 Å². The van der Waals surface area contributed by atoms with Crippen molar-refractivity contribution in [1.29, 1.82) is 0 Å². The topological polar surface area (TPSA) is 12.0 Å². The molecule has 0 bridgehead atoms. The molecule has 1 aliphatic heterocycles. The molecule has 1 heterocycles. The van der Waals surface area contributed by atoms with E-state index in [1.54, 1.807) is 0 Å². The molecule has 11 heavy (non-hydrogen) atoms. The van der Waals surface area contributed by atoms with E-state index in [1.165, 1.54) is 0 Å². The highest BCUT2D eigenvalue weighted by Gasteiger charge is 2.48. The van der Waals surface area contributed by atoms with Crippen LogP contribution in [-0.4, -0.2) is 19.0 Å². The van der Waals surface area contributed by atoms with Gasteiger partial charge in [-0.3, -0.25) is 0 Å². The number of hydrogen-bond acceptors (Lipinski definition) is 1. The smallest absolute Gasteiger partial charge is 0.260 e. The first kappa shape index (κ1) is 7.47. The van der Waals surface area contributed by atoms with Crippen LogP contribution in [0, 0.1) is 5.41 Å². The lowest BCUT2D eigenvalue weighted by molar-refractivity contribution is -0.0929. The molecule has 0 aromatic carbocycles. The molecule has 1 saturated heterocycles. The summed E-state index contributed by atoms with van der Waals surface area (Å²) in [5, 5.41) is 2.82. The molecule has 1 N–H and O–H groups in total. The van der Waals surface area contributed by atoms with Crippen molar-refractivity contribution in [1.82, 2.24) is 5.32 Å². The summed E-state index contributed by atoms with van der Waals surface area (Å²) in [6, 6.07) is 0. The van der Waals surface area contributed by atoms with E-state index < -0.39 is 5.92 Å². The molecule has 0 amide bonds. The Morgan fingerprint density at radius 1 is 1.09 bits per heavy atom. The molecule has 1 saturated carbocycles. The van der Waals surface area contributed by atoms with Crippen LogP contribution in [0.5, 0.6) is 0 Å². The lowest BCUT2D eigenvalue weighted by Gasteiger charge is -2.47. The fourth-order valence-electron chi connectivity index (χ4n) is 2.21. The average Bonchev–Trinajstić information content (AvgIpc) is 1.82. The van der Waals surface area contributed by atoms with Crippen LogP contribution in [0.15, 0.2) is 0 Å². The van der Waals surface area contributed by atoms with Gasteiger partial charge in [-0.1, -0.05) is 6.42 Å². The third-order valence-corrected chi connectivity index (χ3v) is 2.93. The molecule has 1 spiro atoms. The van der Waals surface area contributed by atoms with Crippen LogP contribution in [-0.2, 0) is 0 Å². The number of nitrogens with one attached hydrogen (secondary N) is 1. The zero-order valence-corrected chi connectivity index (χ0v) is 6.50. The summed E-state index contributed by atoms with van der Waals surface area (Å²) in [6.45, 7) is 0.692. The molecule has 0 aromatic heterocycles. The van der Waals surface area contributed by atoms with Gasteiger partial charge < -0.3 is 5.32 Å². The molecule has 2 rings (SSSR count). The Balaban J connectivity index is 2.03. The summed E-state index contributed by atoms with van der Waals surface area (Å²) >= 11 is 0. The third kappa shape index (κ3) is 1.26. The maximum atomic E-state index is 12.9. The molecule has 3 heteroatoms. The van der Waals surface area contributed by atoms with Gasteiger partial charge in [0.25, 0.3) is 5.92 Å². The minimum absolute atomic E-state index is 0.0260. The van der Waals surface area contributed by atoms with Gasteiger partial charge in [-0.05, 0) is 18.3 Å². The number of hydrogen-bond donors (Lipinski definition) is 1. The monoisotopic (exact) mass is 161 g/mol. The molecule has 1 nitrogen and oxygen atoms in total. The highest BCUT2D eigenvalue weighted by Crippen LogP contribution is 2.49. The Bertz CT molecular complexity index is 163. The standard InChI is InChI=1S/C8H13F2N/c9-8(10)4-7(2-1-3-7)5-11-6-8/h11H,1-6H2. The maximum absolute atomic E-state index is 12.9. The van der Waals surface area contributed by atoms with E-state index in [0.29, 0.717) is 0 Å². The molecular weight excluding hydrogens is 148 g/mol. The molecule has 0 aromatic rings. The van der Waals surface area contributed by atoms with Crippen LogP contribution in [0.2, 0.25) is 0 Å². The van der Waals surface area contributed by atoms with Gasteiger partial charge in [-0.15, -0.1) is 0 Å². The van der Waals surface area contributed by atoms with E-state index in [4.69, 9.17) is 0 Å². The lowest BCUT2D eigenvalue weighted by atomic mass is 9.64. The first-order valence-corrected chi connectivity index (χ1v) is 4.21. The van der Waals surface area contributed by atoms with Crippen LogP contribution in [0.1, 0.15) is 25.7 Å². The SMILES string of the molecule is FC1(F)CNCC2(CCC2)C1. The average molecular weight is 161 g/mol. The van der Waals surface area contributed by atoms with Gasteiger partial charge in [0.05, 0.1) is 6.54 Å². The number of rotatable bonds is 0. The van der Waals surface area contributed by atoms with Crippen molar-refractivity contribution in [2.75, 3.05) is 13.1 Å². The molecule has 0 atom stereocenters. The number of halogens is 2. The van der Waals surface area contributed by atoms with Crippen LogP contribution >= 0.6 is 0 Å². The predicted octanol–water partition coefficient (Wildman–Crippen LogP) is 1.79. The van der Waals surface area contributed by atoms with E-state index in [9.17, 15) is 8.78 Å². The van der Waals surface area contributed by atoms with Gasteiger partial charge in [-0.2, -0.15) is 0 Å². The number of alkyl halides is 2. The number of piperidine rings is 1. The summed E-state index contributed by atoms with van der Waals surface area (Å²) in [6.07, 6.45) is 3.25. The molecule has 0 radical (unpaired) electrons. The highest BCUT2D eigenvalue weighted by molar-refractivity contribution is 4.97. The van der Waals surface area contributed by atoms with Gasteiger partial charge in [0.1, 0.15) is 0 Å². The van der Waals surface area contributed by atoms with E-state index in [0.717, 1.165) is 25.8 Å². The van der Waals surface area contributed by atoms with E-state index in [-0.39, 0.29) is 18.4 Å². The van der Waals surface area contributed by atoms with Crippen molar-refractivity contribution in [3.63, 3.8) is 0 Å². The first-order valence-electron chi connectivity index (χ1n) is 4.21. The van der Waals surface area contributed by atoms with E-state index in [2.05, 4.69) is 5.32 Å². The Labute approximate surface area is 65.2 Å². The summed E-state index contributed by atoms with van der Waals surface area (Å²) in [5.74, 6) is -2.45. The second kappa shape index (κ2) is 2.16. The van der Waals surface area contributed by atoms with Crippen molar-refractivity contribution in [2.45, 2.75) is 31.6 Å². The fraction of sp³-hybridized carbons (Fsp3) is 1.00. The van der Waals surface area contributed by atoms with Crippen molar-refractivity contribution >= 4 is 0 Å². The summed E-state index contributed by atoms with van der Waals surface area (Å²) in [7, 11) is 0. The normalized spacial score (nSPS) is 33.3. The maximum Gasteiger partial charge on any atom is 0.260 e. The van der Waals surface area contributed by atoms with Crippen LogP contribution in [0.25, 0.3) is 0 Å². The third-order valence-electron chi connectivity index (χ3n) is 2.93. The summed E-state index contributed by atoms with van der Waals surface area (Å²) in [4.78, 5) is 0. The van der Waals surface area contributed by atoms with Crippen molar-refractivity contribution in [3.05, 3.63) is 0 Å². The second-order valence-corrected chi connectivity index (χ2v) is 3.99. The Morgan fingerprint density at radius 3 is 2.18 bits per heavy atom. The van der Waals surface area contributed by atoms with Gasteiger partial charge in [-0.25, -0.2) is 8.78 Å². The van der Waals surface area contributed by atoms with Crippen molar-refractivity contribution in [2.24, 2.45) is 5.41 Å². The Morgan fingerprint density at radius 2 is 1.82 bits per heavy atom. The lowest BCUT2D eigenvalue weighted by Crippen LogP contribution is -2.53. The molecule has 1 aliphatic carbocycles. The van der Waals surface area contributed by atoms with Gasteiger partial charge in [0.2, 0.25) is 0 Å². The Kier molecular flexibility index (Phi) is 1.46. The highest BCUT2D eigenvalue weighted by atomic mass is 19.3. The molecule has 64 valence electrons. The fourth-order valence-corrected chi connectivity index (χ4v) is 2.21. The van der Waals surface area contributed by atoms with E-state index >= 15 is 0 Å². The Hall–Kier alpha value is -0.180. The summed E-state index contributed by atoms with van der Waals surface area (Å²) < 4.78 is 25.7.